The maximum Gasteiger partial charge on any atom is 0.0547 e. The lowest BCUT2D eigenvalue weighted by Gasteiger charge is -2.33. The summed E-state index contributed by atoms with van der Waals surface area (Å²) in [6, 6.07) is 92.9. The fraction of sp³-hybridized carbons (Fsp3) is 0.0732. The molecule has 3 aliphatic carbocycles. The van der Waals surface area contributed by atoms with Crippen molar-refractivity contribution in [2.24, 2.45) is 11.3 Å². The number of hydrogen-bond acceptors (Lipinski definition) is 1. The molecule has 2 unspecified atom stereocenters. The predicted molar refractivity (Wildman–Crippen MR) is 362 cm³/mol. The van der Waals surface area contributed by atoms with Gasteiger partial charge in [0, 0.05) is 55.1 Å². The van der Waals surface area contributed by atoms with E-state index < -0.39 is 0 Å². The summed E-state index contributed by atoms with van der Waals surface area (Å²) in [5.41, 5.74) is 23.3. The molecule has 0 spiro atoms. The van der Waals surface area contributed by atoms with Crippen LogP contribution in [0.2, 0.25) is 0 Å². The Morgan fingerprint density at radius 3 is 1.79 bits per heavy atom. The maximum absolute atomic E-state index is 2.57. The Morgan fingerprint density at radius 1 is 0.447 bits per heavy atom. The van der Waals surface area contributed by atoms with E-state index in [0.29, 0.717) is 5.92 Å². The quantitative estimate of drug-likeness (QED) is 0.133. The van der Waals surface area contributed by atoms with Crippen molar-refractivity contribution in [2.45, 2.75) is 26.7 Å². The third-order valence-corrected chi connectivity index (χ3v) is 18.2. The van der Waals surface area contributed by atoms with Crippen LogP contribution in [0.25, 0.3) is 110 Å². The monoisotopic (exact) mass is 1090 g/mol. The average Bonchev–Trinajstić information content (AvgIpc) is 4.17. The molecule has 2 atom stereocenters. The Hall–Kier alpha value is -10.5. The molecule has 16 rings (SSSR count). The first-order valence-corrected chi connectivity index (χ1v) is 29.9. The van der Waals surface area contributed by atoms with E-state index in [2.05, 4.69) is 331 Å². The van der Waals surface area contributed by atoms with Gasteiger partial charge in [-0.05, 0) is 171 Å². The van der Waals surface area contributed by atoms with Crippen LogP contribution in [0.3, 0.4) is 0 Å². The third-order valence-electron chi connectivity index (χ3n) is 18.2. The highest BCUT2D eigenvalue weighted by molar-refractivity contribution is 6.12. The Balaban J connectivity index is 0.986. The lowest BCUT2D eigenvalue weighted by Crippen LogP contribution is -2.19. The van der Waals surface area contributed by atoms with Crippen LogP contribution in [0.4, 0.5) is 17.1 Å². The number of fused-ring (bicyclic) bond motifs is 8. The van der Waals surface area contributed by atoms with Gasteiger partial charge in [-0.2, -0.15) is 0 Å². The zero-order valence-electron chi connectivity index (χ0n) is 47.7. The second-order valence-electron chi connectivity index (χ2n) is 23.6. The van der Waals surface area contributed by atoms with Gasteiger partial charge in [0.2, 0.25) is 0 Å². The van der Waals surface area contributed by atoms with Crippen molar-refractivity contribution < 1.29 is 0 Å². The summed E-state index contributed by atoms with van der Waals surface area (Å²) >= 11 is 0. The summed E-state index contributed by atoms with van der Waals surface area (Å²) in [5, 5.41) is 7.39. The molecule has 404 valence electrons. The van der Waals surface area contributed by atoms with E-state index in [4.69, 9.17) is 0 Å². The number of aromatic nitrogens is 2. The molecular weight excluding hydrogens is 1030 g/mol. The molecule has 0 fully saturated rings. The molecule has 11 aromatic carbocycles. The van der Waals surface area contributed by atoms with Gasteiger partial charge in [-0.25, -0.2) is 0 Å². The van der Waals surface area contributed by atoms with Crippen LogP contribution in [0.15, 0.2) is 309 Å². The third kappa shape index (κ3) is 8.73. The van der Waals surface area contributed by atoms with Gasteiger partial charge in [0.25, 0.3) is 0 Å². The van der Waals surface area contributed by atoms with Gasteiger partial charge < -0.3 is 14.0 Å². The van der Waals surface area contributed by atoms with Crippen LogP contribution < -0.4 is 4.90 Å². The van der Waals surface area contributed by atoms with Gasteiger partial charge in [0.1, 0.15) is 0 Å². The van der Waals surface area contributed by atoms with Gasteiger partial charge in [0.15, 0.2) is 0 Å². The van der Waals surface area contributed by atoms with Crippen LogP contribution in [0.5, 0.6) is 0 Å². The molecule has 0 amide bonds. The van der Waals surface area contributed by atoms with Gasteiger partial charge in [-0.15, -0.1) is 0 Å². The van der Waals surface area contributed by atoms with E-state index >= 15 is 0 Å². The maximum atomic E-state index is 2.57. The van der Waals surface area contributed by atoms with Gasteiger partial charge >= 0.3 is 0 Å². The van der Waals surface area contributed by atoms with E-state index in [1.54, 1.807) is 0 Å². The molecule has 0 N–H and O–H groups in total. The summed E-state index contributed by atoms with van der Waals surface area (Å²) in [4.78, 5) is 2.57. The Kier molecular flexibility index (Phi) is 12.1. The normalized spacial score (nSPS) is 16.5. The zero-order chi connectivity index (χ0) is 56.6. The van der Waals surface area contributed by atoms with E-state index in [0.717, 1.165) is 63.5 Å². The second-order valence-corrected chi connectivity index (χ2v) is 23.6. The number of allylic oxidation sites excluding steroid dienone is 12. The lowest BCUT2D eigenvalue weighted by molar-refractivity contribution is 0.528. The summed E-state index contributed by atoms with van der Waals surface area (Å²) in [7, 11) is 0. The minimum Gasteiger partial charge on any atom is -0.310 e. The van der Waals surface area contributed by atoms with Crippen molar-refractivity contribution >= 4 is 82.6 Å². The van der Waals surface area contributed by atoms with Gasteiger partial charge in [0.05, 0.1) is 33.4 Å². The number of anilines is 3. The molecular formula is C82H61N3. The van der Waals surface area contributed by atoms with E-state index in [1.807, 2.05) is 0 Å². The van der Waals surface area contributed by atoms with Gasteiger partial charge in [-0.3, -0.25) is 0 Å². The first-order chi connectivity index (χ1) is 41.9. The van der Waals surface area contributed by atoms with Crippen LogP contribution in [-0.2, 0) is 0 Å². The molecule has 3 nitrogen and oxygen atoms in total. The zero-order valence-corrected chi connectivity index (χ0v) is 47.7. The Bertz CT molecular complexity index is 5000. The number of rotatable bonds is 10. The van der Waals surface area contributed by atoms with E-state index in [9.17, 15) is 0 Å². The highest BCUT2D eigenvalue weighted by Crippen LogP contribution is 2.49. The van der Waals surface area contributed by atoms with Crippen molar-refractivity contribution in [1.29, 1.82) is 0 Å². The highest BCUT2D eigenvalue weighted by Gasteiger charge is 2.30. The van der Waals surface area contributed by atoms with Crippen molar-refractivity contribution in [2.75, 3.05) is 4.90 Å². The first kappa shape index (κ1) is 50.3. The van der Waals surface area contributed by atoms with Crippen LogP contribution in [-0.4, -0.2) is 9.13 Å². The largest absolute Gasteiger partial charge is 0.310 e. The summed E-state index contributed by atoms with van der Waals surface area (Å²) in [6.45, 7) is 4.69. The van der Waals surface area contributed by atoms with Crippen molar-refractivity contribution in [3.8, 4) is 44.8 Å². The molecule has 3 aliphatic rings. The second kappa shape index (κ2) is 20.4. The molecule has 0 saturated heterocycles. The molecule has 0 aliphatic heterocycles. The lowest BCUT2D eigenvalue weighted by atomic mass is 9.72. The van der Waals surface area contributed by atoms with Crippen molar-refractivity contribution in [1.82, 2.24) is 9.13 Å². The fourth-order valence-electron chi connectivity index (χ4n) is 13.9. The first-order valence-electron chi connectivity index (χ1n) is 29.9. The van der Waals surface area contributed by atoms with E-state index in [-0.39, 0.29) is 5.41 Å². The molecule has 0 bridgehead atoms. The smallest absolute Gasteiger partial charge is 0.0547 e. The van der Waals surface area contributed by atoms with Crippen LogP contribution >= 0.6 is 0 Å². The molecule has 85 heavy (non-hydrogen) atoms. The molecule has 0 radical (unpaired) electrons. The number of benzene rings is 11. The van der Waals surface area contributed by atoms with E-state index in [1.165, 1.54) is 93.4 Å². The molecule has 2 heterocycles. The SMILES string of the molecule is CC1C=CC=C(c2cc(-c3ccc4ccccc4c3)cc(N(c3cc(C4=CCC5(C)C=CC=CC5=C4)cc(-c4ccc5c6ccccc6n(-c6ccccc6)c5c4)c3)c3ccccc3-c3ccccc3-n3c4ccccc4c4ccccc43)c2)C1. The van der Waals surface area contributed by atoms with Crippen LogP contribution in [0.1, 0.15) is 37.8 Å². The standard InChI is InChI=1S/C82H61N3/c1-55-21-20-24-57(45-55)62-47-63(59-39-38-56-22-6-7-23-58(56)46-59)51-68(50-62)83(76-33-13-8-28-70(76)71-29-10-15-35-78(71)85-79-36-16-11-30-72(79)73-31-12-17-37-80(73)85)69-52-64(48-65(53-69)61-42-44-82(2)43-19-18-25-66(82)49-61)60-40-41-75-74-32-9-14-34-77(74)84(81(75)54-60)67-26-4-3-5-27-67/h3-43,46-55H,44-45H2,1-2H3. The van der Waals surface area contributed by atoms with Crippen LogP contribution in [0, 0.1) is 11.3 Å². The summed E-state index contributed by atoms with van der Waals surface area (Å²) < 4.78 is 4.91. The minimum atomic E-state index is -0.0661. The molecule has 2 aromatic heterocycles. The molecule has 0 saturated carbocycles. The van der Waals surface area contributed by atoms with Crippen molar-refractivity contribution in [3.05, 3.63) is 320 Å². The van der Waals surface area contributed by atoms with Gasteiger partial charge in [-0.1, -0.05) is 226 Å². The minimum absolute atomic E-state index is 0.0661. The fourth-order valence-corrected chi connectivity index (χ4v) is 13.9. The average molecular weight is 1090 g/mol. The molecule has 13 aromatic rings. The highest BCUT2D eigenvalue weighted by atomic mass is 15.1. The topological polar surface area (TPSA) is 13.1 Å². The number of nitrogens with zero attached hydrogens (tertiary/aromatic N) is 3. The predicted octanol–water partition coefficient (Wildman–Crippen LogP) is 22.3. The Labute approximate surface area is 496 Å². The Morgan fingerprint density at radius 2 is 1.04 bits per heavy atom. The molecule has 3 heteroatoms. The summed E-state index contributed by atoms with van der Waals surface area (Å²) in [5.74, 6) is 0.411. The number of para-hydroxylation sites is 6. The van der Waals surface area contributed by atoms with Crippen molar-refractivity contribution in [3.63, 3.8) is 0 Å². The number of hydrogen-bond donors (Lipinski definition) is 0. The summed E-state index contributed by atoms with van der Waals surface area (Å²) in [6.07, 6.45) is 22.7.